The third kappa shape index (κ3) is 3.55. The van der Waals surface area contributed by atoms with E-state index in [0.717, 1.165) is 16.5 Å². The first kappa shape index (κ1) is 19.8. The van der Waals surface area contributed by atoms with Gasteiger partial charge in [-0.15, -0.1) is 0 Å². The zero-order chi connectivity index (χ0) is 17.5. The van der Waals surface area contributed by atoms with Gasteiger partial charge in [0.1, 0.15) is 11.3 Å². The smallest absolute Gasteiger partial charge is 0.238 e. The van der Waals surface area contributed by atoms with E-state index in [1.54, 1.807) is 38.6 Å². The Kier molecular flexibility index (Phi) is 5.83. The van der Waals surface area contributed by atoms with Gasteiger partial charge in [-0.25, -0.2) is 13.4 Å². The molecule has 1 radical (unpaired) electrons. The van der Waals surface area contributed by atoms with Crippen molar-refractivity contribution in [2.45, 2.75) is 4.90 Å². The van der Waals surface area contributed by atoms with Crippen LogP contribution in [0.25, 0.3) is 22.0 Å². The number of sulfone groups is 1. The summed E-state index contributed by atoms with van der Waals surface area (Å²) in [5.41, 5.74) is 2.40. The summed E-state index contributed by atoms with van der Waals surface area (Å²) in [5, 5.41) is 0.910. The van der Waals surface area contributed by atoms with E-state index in [1.165, 1.54) is 6.26 Å². The Morgan fingerprint density at radius 3 is 2.40 bits per heavy atom. The number of aromatic nitrogens is 2. The number of ether oxygens (including phenoxy) is 2. The second-order valence-electron chi connectivity index (χ2n) is 5.50. The molecule has 0 bridgehead atoms. The minimum Gasteiger partial charge on any atom is -0.496 e. The Morgan fingerprint density at radius 1 is 1.08 bits per heavy atom. The molecule has 1 aromatic carbocycles. The van der Waals surface area contributed by atoms with Crippen LogP contribution < -0.4 is 9.47 Å². The maximum Gasteiger partial charge on any atom is 0.238 e. The van der Waals surface area contributed by atoms with E-state index in [1.807, 2.05) is 23.9 Å². The second-order valence-corrected chi connectivity index (χ2v) is 7.52. The topological polar surface area (TPSA) is 70.4 Å². The standard InChI is InChI=1S/C17H18N2O4S.Na/c1-19-10-14(12-7-8-18-17(23-3)16(12)19)13-9-11(24(4,20)21)5-6-15(13)22-2;/h5-10H,1-4H3;. The summed E-state index contributed by atoms with van der Waals surface area (Å²) in [7, 11) is 1.71. The summed E-state index contributed by atoms with van der Waals surface area (Å²) in [6, 6.07) is 6.73. The molecule has 6 nitrogen and oxygen atoms in total. The fourth-order valence-corrected chi connectivity index (χ4v) is 3.46. The van der Waals surface area contributed by atoms with Gasteiger partial charge in [-0.3, -0.25) is 0 Å². The average Bonchev–Trinajstić information content (AvgIpc) is 2.90. The molecule has 8 heteroatoms. The van der Waals surface area contributed by atoms with Gasteiger partial charge in [0.15, 0.2) is 9.84 Å². The van der Waals surface area contributed by atoms with Crippen LogP contribution in [0, 0.1) is 0 Å². The zero-order valence-corrected chi connectivity index (χ0v) is 17.7. The molecule has 0 saturated carbocycles. The first-order valence-electron chi connectivity index (χ1n) is 7.23. The van der Waals surface area contributed by atoms with Gasteiger partial charge in [0.25, 0.3) is 0 Å². The normalized spacial score (nSPS) is 11.2. The number of nitrogens with zero attached hydrogens (tertiary/aromatic N) is 2. The van der Waals surface area contributed by atoms with Crippen LogP contribution in [0.1, 0.15) is 0 Å². The first-order valence-corrected chi connectivity index (χ1v) is 9.12. The van der Waals surface area contributed by atoms with Crippen molar-refractivity contribution in [1.82, 2.24) is 9.55 Å². The molecule has 25 heavy (non-hydrogen) atoms. The van der Waals surface area contributed by atoms with Crippen LogP contribution in [0.2, 0.25) is 0 Å². The Hall–Kier alpha value is -1.54. The molecule has 0 atom stereocenters. The maximum absolute atomic E-state index is 11.9. The van der Waals surface area contributed by atoms with E-state index in [9.17, 15) is 8.42 Å². The summed E-state index contributed by atoms with van der Waals surface area (Å²) >= 11 is 0. The third-order valence-corrected chi connectivity index (χ3v) is 5.05. The van der Waals surface area contributed by atoms with Gasteiger partial charge in [-0.2, -0.15) is 0 Å². The minimum atomic E-state index is -3.32. The fraction of sp³-hybridized carbons (Fsp3) is 0.235. The SMILES string of the molecule is COc1ccc(S(C)(=O)=O)cc1-c1cn(C)c2c(OC)nccc12.[Na]. The molecule has 2 heterocycles. The molecule has 127 valence electrons. The molecule has 2 aromatic heterocycles. The first-order chi connectivity index (χ1) is 11.4. The van der Waals surface area contributed by atoms with Crippen LogP contribution in [-0.4, -0.2) is 68.0 Å². The molecule has 0 N–H and O–H groups in total. The predicted molar refractivity (Wildman–Crippen MR) is 98.1 cm³/mol. The van der Waals surface area contributed by atoms with Gasteiger partial charge in [-0.1, -0.05) is 0 Å². The van der Waals surface area contributed by atoms with E-state index in [4.69, 9.17) is 9.47 Å². The largest absolute Gasteiger partial charge is 0.496 e. The molecule has 0 saturated heterocycles. The average molecular weight is 369 g/mol. The molecule has 0 aliphatic rings. The number of aryl methyl sites for hydroxylation is 1. The molecule has 0 spiro atoms. The monoisotopic (exact) mass is 369 g/mol. The van der Waals surface area contributed by atoms with Gasteiger partial charge in [-0.05, 0) is 24.3 Å². The van der Waals surface area contributed by atoms with Gasteiger partial charge in [0, 0.05) is 71.8 Å². The van der Waals surface area contributed by atoms with Crippen LogP contribution in [0.4, 0.5) is 0 Å². The van der Waals surface area contributed by atoms with Crippen LogP contribution in [0.3, 0.4) is 0 Å². The third-order valence-electron chi connectivity index (χ3n) is 3.94. The zero-order valence-electron chi connectivity index (χ0n) is 14.9. The van der Waals surface area contributed by atoms with Crippen LogP contribution in [-0.2, 0) is 16.9 Å². The number of pyridine rings is 1. The van der Waals surface area contributed by atoms with E-state index in [2.05, 4.69) is 4.98 Å². The predicted octanol–water partition coefficient (Wildman–Crippen LogP) is 2.28. The molecule has 3 rings (SSSR count). The molecule has 0 aliphatic carbocycles. The Balaban J connectivity index is 0.00000225. The Labute approximate surface area is 169 Å². The van der Waals surface area contributed by atoms with Crippen molar-refractivity contribution in [3.63, 3.8) is 0 Å². The van der Waals surface area contributed by atoms with Crippen LogP contribution >= 0.6 is 0 Å². The molecular weight excluding hydrogens is 351 g/mol. The number of hydrogen-bond acceptors (Lipinski definition) is 5. The molecule has 0 fully saturated rings. The molecule has 3 aromatic rings. The molecule has 0 unspecified atom stereocenters. The molecule has 0 amide bonds. The number of hydrogen-bond donors (Lipinski definition) is 0. The molecule has 0 aliphatic heterocycles. The van der Waals surface area contributed by atoms with Crippen molar-refractivity contribution in [3.8, 4) is 22.8 Å². The summed E-state index contributed by atoms with van der Waals surface area (Å²) in [5.74, 6) is 1.12. The fourth-order valence-electron chi connectivity index (χ4n) is 2.81. The van der Waals surface area contributed by atoms with Gasteiger partial charge in [0.2, 0.25) is 5.88 Å². The van der Waals surface area contributed by atoms with Crippen LogP contribution in [0.15, 0.2) is 41.6 Å². The van der Waals surface area contributed by atoms with Gasteiger partial charge < -0.3 is 14.0 Å². The van der Waals surface area contributed by atoms with Gasteiger partial charge >= 0.3 is 0 Å². The van der Waals surface area contributed by atoms with E-state index in [0.29, 0.717) is 17.2 Å². The Morgan fingerprint density at radius 2 is 1.80 bits per heavy atom. The number of fused-ring (bicyclic) bond motifs is 1. The van der Waals surface area contributed by atoms with Crippen molar-refractivity contribution in [2.24, 2.45) is 7.05 Å². The van der Waals surface area contributed by atoms with Crippen molar-refractivity contribution in [3.05, 3.63) is 36.7 Å². The van der Waals surface area contributed by atoms with Crippen molar-refractivity contribution in [2.75, 3.05) is 20.5 Å². The summed E-state index contributed by atoms with van der Waals surface area (Å²) in [4.78, 5) is 4.47. The summed E-state index contributed by atoms with van der Waals surface area (Å²) < 4.78 is 36.5. The number of benzene rings is 1. The Bertz CT molecular complexity index is 1030. The molecular formula is C17H18N2NaO4S. The van der Waals surface area contributed by atoms with Crippen LogP contribution in [0.5, 0.6) is 11.6 Å². The number of rotatable bonds is 4. The maximum atomic E-state index is 11.9. The second kappa shape index (κ2) is 7.37. The van der Waals surface area contributed by atoms with E-state index < -0.39 is 9.84 Å². The minimum absolute atomic E-state index is 0. The number of methoxy groups -OCH3 is 2. The van der Waals surface area contributed by atoms with Crippen molar-refractivity contribution >= 4 is 50.3 Å². The summed E-state index contributed by atoms with van der Waals surface area (Å²) in [6.07, 6.45) is 4.77. The van der Waals surface area contributed by atoms with E-state index in [-0.39, 0.29) is 34.5 Å². The summed E-state index contributed by atoms with van der Waals surface area (Å²) in [6.45, 7) is 0. The van der Waals surface area contributed by atoms with Crippen molar-refractivity contribution in [1.29, 1.82) is 0 Å². The van der Waals surface area contributed by atoms with Crippen molar-refractivity contribution < 1.29 is 17.9 Å². The quantitative estimate of drug-likeness (QED) is 0.660. The van der Waals surface area contributed by atoms with E-state index >= 15 is 0 Å². The van der Waals surface area contributed by atoms with Gasteiger partial charge in [0.05, 0.1) is 19.1 Å².